The van der Waals surface area contributed by atoms with E-state index in [0.29, 0.717) is 13.2 Å². The van der Waals surface area contributed by atoms with E-state index < -0.39 is 0 Å². The van der Waals surface area contributed by atoms with Gasteiger partial charge in [-0.2, -0.15) is 5.10 Å². The monoisotopic (exact) mass is 383 g/mol. The van der Waals surface area contributed by atoms with Crippen molar-refractivity contribution in [1.29, 1.82) is 0 Å². The summed E-state index contributed by atoms with van der Waals surface area (Å²) in [5.74, 6) is 0.905. The summed E-state index contributed by atoms with van der Waals surface area (Å²) in [6.45, 7) is 4.70. The number of aromatic nitrogens is 2. The van der Waals surface area contributed by atoms with Gasteiger partial charge in [-0.15, -0.1) is 0 Å². The van der Waals surface area contributed by atoms with Crippen LogP contribution >= 0.6 is 0 Å². The van der Waals surface area contributed by atoms with Crippen LogP contribution in [0, 0.1) is 0 Å². The Morgan fingerprint density at radius 3 is 2.82 bits per heavy atom. The van der Waals surface area contributed by atoms with Gasteiger partial charge in [0.25, 0.3) is 0 Å². The molecule has 2 fully saturated rings. The normalized spacial score (nSPS) is 23.2. The van der Waals surface area contributed by atoms with Crippen molar-refractivity contribution < 1.29 is 9.47 Å². The Kier molecular flexibility index (Phi) is 6.24. The summed E-state index contributed by atoms with van der Waals surface area (Å²) >= 11 is 0. The first-order chi connectivity index (χ1) is 13.8. The Balaban J connectivity index is 1.30. The Morgan fingerprint density at radius 2 is 2.04 bits per heavy atom. The summed E-state index contributed by atoms with van der Waals surface area (Å²) < 4.78 is 13.7. The van der Waals surface area contributed by atoms with E-state index in [2.05, 4.69) is 50.8 Å². The molecule has 4 rings (SSSR count). The lowest BCUT2D eigenvalue weighted by molar-refractivity contribution is -0.0817. The number of aliphatic imine (C=N–C) groups is 1. The second-order valence-corrected chi connectivity index (χ2v) is 7.34. The quantitative estimate of drug-likeness (QED) is 0.631. The minimum absolute atomic E-state index is 0.128. The fraction of sp³-hybridized carbons (Fsp3) is 0.524. The smallest absolute Gasteiger partial charge is 0.194 e. The number of hydrogen-bond acceptors (Lipinski definition) is 4. The first kappa shape index (κ1) is 19.0. The molecule has 0 aliphatic carbocycles. The summed E-state index contributed by atoms with van der Waals surface area (Å²) in [5, 5.41) is 7.95. The van der Waals surface area contributed by atoms with Gasteiger partial charge in [-0.25, -0.2) is 0 Å². The zero-order valence-corrected chi connectivity index (χ0v) is 16.5. The summed E-state index contributed by atoms with van der Waals surface area (Å²) in [7, 11) is 1.83. The van der Waals surface area contributed by atoms with Crippen LogP contribution in [-0.2, 0) is 22.6 Å². The maximum Gasteiger partial charge on any atom is 0.194 e. The van der Waals surface area contributed by atoms with E-state index in [1.807, 2.05) is 24.0 Å². The molecule has 3 heterocycles. The largest absolute Gasteiger partial charge is 0.375 e. The molecule has 7 nitrogen and oxygen atoms in total. The molecule has 150 valence electrons. The van der Waals surface area contributed by atoms with Crippen molar-refractivity contribution in [3.8, 4) is 0 Å². The van der Waals surface area contributed by atoms with E-state index >= 15 is 0 Å². The van der Waals surface area contributed by atoms with Crippen LogP contribution in [0.5, 0.6) is 0 Å². The minimum Gasteiger partial charge on any atom is -0.375 e. The van der Waals surface area contributed by atoms with Gasteiger partial charge in [-0.05, 0) is 18.4 Å². The number of nitrogens with one attached hydrogen (secondary N) is 1. The van der Waals surface area contributed by atoms with Crippen molar-refractivity contribution in [3.05, 3.63) is 53.9 Å². The number of benzene rings is 1. The second kappa shape index (κ2) is 9.21. The van der Waals surface area contributed by atoms with Gasteiger partial charge in [0.15, 0.2) is 5.96 Å². The number of hydrogen-bond donors (Lipinski definition) is 1. The lowest BCUT2D eigenvalue weighted by Crippen LogP contribution is -2.53. The van der Waals surface area contributed by atoms with Gasteiger partial charge >= 0.3 is 0 Å². The zero-order valence-electron chi connectivity index (χ0n) is 16.5. The molecule has 0 radical (unpaired) electrons. The van der Waals surface area contributed by atoms with Gasteiger partial charge in [0.05, 0.1) is 25.5 Å². The molecule has 7 heteroatoms. The molecule has 2 aliphatic rings. The number of nitrogens with zero attached hydrogens (tertiary/aromatic N) is 4. The zero-order chi connectivity index (χ0) is 19.2. The van der Waals surface area contributed by atoms with Crippen molar-refractivity contribution in [2.75, 3.05) is 33.4 Å². The van der Waals surface area contributed by atoms with Crippen molar-refractivity contribution in [3.63, 3.8) is 0 Å². The molecule has 1 aromatic carbocycles. The molecule has 0 saturated carbocycles. The predicted octanol–water partition coefficient (Wildman–Crippen LogP) is 1.89. The lowest BCUT2D eigenvalue weighted by Gasteiger charge is -2.37. The molecule has 2 saturated heterocycles. The fourth-order valence-electron chi connectivity index (χ4n) is 3.86. The fourth-order valence-corrected chi connectivity index (χ4v) is 3.86. The summed E-state index contributed by atoms with van der Waals surface area (Å²) in [5.41, 5.74) is 2.38. The van der Waals surface area contributed by atoms with Crippen molar-refractivity contribution in [1.82, 2.24) is 20.0 Å². The Morgan fingerprint density at radius 1 is 1.18 bits per heavy atom. The molecular formula is C21H29N5O2. The highest BCUT2D eigenvalue weighted by molar-refractivity contribution is 5.80. The van der Waals surface area contributed by atoms with Crippen molar-refractivity contribution in [2.24, 2.45) is 4.99 Å². The standard InChI is InChI=1S/C21H29N5O2/c1-22-21(25-9-11-28-20(16-25)19-8-5-10-27-19)23-12-18-13-24-26(15-18)14-17-6-3-2-4-7-17/h2-4,6-7,13,15,19-20H,5,8-12,14,16H2,1H3,(H,22,23). The van der Waals surface area contributed by atoms with E-state index in [-0.39, 0.29) is 12.2 Å². The number of ether oxygens (including phenoxy) is 2. The van der Waals surface area contributed by atoms with E-state index in [1.165, 1.54) is 5.56 Å². The molecule has 28 heavy (non-hydrogen) atoms. The Labute approximate surface area is 166 Å². The third-order valence-corrected chi connectivity index (χ3v) is 5.31. The third kappa shape index (κ3) is 4.72. The van der Waals surface area contributed by atoms with Crippen molar-refractivity contribution in [2.45, 2.75) is 38.1 Å². The first-order valence-electron chi connectivity index (χ1n) is 10.1. The van der Waals surface area contributed by atoms with Crippen molar-refractivity contribution >= 4 is 5.96 Å². The van der Waals surface area contributed by atoms with Crippen LogP contribution in [0.15, 0.2) is 47.7 Å². The van der Waals surface area contributed by atoms with E-state index in [0.717, 1.165) is 50.6 Å². The topological polar surface area (TPSA) is 63.9 Å². The van der Waals surface area contributed by atoms with Crippen LogP contribution in [0.25, 0.3) is 0 Å². The summed E-state index contributed by atoms with van der Waals surface area (Å²) in [4.78, 5) is 6.74. The molecule has 2 unspecified atom stereocenters. The Hall–Kier alpha value is -2.38. The summed E-state index contributed by atoms with van der Waals surface area (Å²) in [6, 6.07) is 10.4. The highest BCUT2D eigenvalue weighted by Crippen LogP contribution is 2.21. The van der Waals surface area contributed by atoms with Gasteiger partial charge in [-0.3, -0.25) is 9.67 Å². The maximum absolute atomic E-state index is 5.95. The number of rotatable bonds is 5. The van der Waals surface area contributed by atoms with E-state index in [1.54, 1.807) is 0 Å². The minimum atomic E-state index is 0.128. The van der Waals surface area contributed by atoms with Gasteiger partial charge in [0, 0.05) is 45.0 Å². The molecule has 0 amide bonds. The van der Waals surface area contributed by atoms with Crippen LogP contribution in [0.2, 0.25) is 0 Å². The Bertz CT molecular complexity index is 770. The molecule has 0 spiro atoms. The molecule has 2 atom stereocenters. The molecule has 2 aliphatic heterocycles. The highest BCUT2D eigenvalue weighted by atomic mass is 16.5. The molecular weight excluding hydrogens is 354 g/mol. The van der Waals surface area contributed by atoms with Gasteiger partial charge in [0.1, 0.15) is 6.10 Å². The van der Waals surface area contributed by atoms with Gasteiger partial charge in [0.2, 0.25) is 0 Å². The number of morpholine rings is 1. The van der Waals surface area contributed by atoms with E-state index in [4.69, 9.17) is 9.47 Å². The van der Waals surface area contributed by atoms with Crippen LogP contribution in [-0.4, -0.2) is 66.2 Å². The average Bonchev–Trinajstić information content (AvgIpc) is 3.42. The number of guanidine groups is 1. The van der Waals surface area contributed by atoms with Gasteiger partial charge < -0.3 is 19.7 Å². The average molecular weight is 383 g/mol. The lowest BCUT2D eigenvalue weighted by atomic mass is 10.1. The molecule has 1 N–H and O–H groups in total. The third-order valence-electron chi connectivity index (χ3n) is 5.31. The molecule has 2 aromatic rings. The maximum atomic E-state index is 5.95. The SMILES string of the molecule is CN=C(NCc1cnn(Cc2ccccc2)c1)N1CCOC(C2CCCO2)C1. The van der Waals surface area contributed by atoms with Crippen LogP contribution in [0.4, 0.5) is 0 Å². The van der Waals surface area contributed by atoms with E-state index in [9.17, 15) is 0 Å². The molecule has 0 bridgehead atoms. The van der Waals surface area contributed by atoms with Crippen LogP contribution in [0.1, 0.15) is 24.0 Å². The first-order valence-corrected chi connectivity index (χ1v) is 10.1. The predicted molar refractivity (Wildman–Crippen MR) is 108 cm³/mol. The van der Waals surface area contributed by atoms with Crippen LogP contribution in [0.3, 0.4) is 0 Å². The van der Waals surface area contributed by atoms with Crippen LogP contribution < -0.4 is 5.32 Å². The van der Waals surface area contributed by atoms with Gasteiger partial charge in [-0.1, -0.05) is 30.3 Å². The second-order valence-electron chi connectivity index (χ2n) is 7.34. The summed E-state index contributed by atoms with van der Waals surface area (Å²) in [6.07, 6.45) is 6.57. The molecule has 1 aromatic heterocycles. The highest BCUT2D eigenvalue weighted by Gasteiger charge is 2.32.